The number of nitrogens with zero attached hydrogens (tertiary/aromatic N) is 4. The van der Waals surface area contributed by atoms with Gasteiger partial charge < -0.3 is 5.32 Å². The van der Waals surface area contributed by atoms with Crippen LogP contribution in [0.2, 0.25) is 5.02 Å². The Bertz CT molecular complexity index is 1520. The Hall–Kier alpha value is -4.15. The first kappa shape index (κ1) is 22.1. The summed E-state index contributed by atoms with van der Waals surface area (Å²) in [5, 5.41) is 13.3. The van der Waals surface area contributed by atoms with Gasteiger partial charge in [-0.2, -0.15) is 9.94 Å². The van der Waals surface area contributed by atoms with Gasteiger partial charge in [-0.3, -0.25) is 14.3 Å². The lowest BCUT2D eigenvalue weighted by Crippen LogP contribution is -2.30. The molecule has 0 saturated heterocycles. The molecule has 1 amide bonds. The zero-order chi connectivity index (χ0) is 23.7. The number of amides is 1. The Morgan fingerprint density at radius 1 is 1.09 bits per heavy atom. The molecule has 2 aromatic heterocycles. The lowest BCUT2D eigenvalue weighted by molar-refractivity contribution is -0.112. The lowest BCUT2D eigenvalue weighted by atomic mass is 10.1. The van der Waals surface area contributed by atoms with Gasteiger partial charge in [0.25, 0.3) is 11.5 Å². The van der Waals surface area contributed by atoms with Crippen LogP contribution in [0.15, 0.2) is 65.0 Å². The summed E-state index contributed by atoms with van der Waals surface area (Å²) in [7, 11) is 0. The standard InChI is InChI=1S/C25H20ClN5O2/c1-15-12-18(13-19(14-27)24(32)29-21-10-8-20(26)9-11-21)16(2)30(15)31-17(3)28-23-7-5-4-6-22(23)25(31)33/h4-13H,1-3H3,(H,29,32). The van der Waals surface area contributed by atoms with Crippen molar-refractivity contribution in [3.63, 3.8) is 0 Å². The molecule has 0 radical (unpaired) electrons. The molecule has 33 heavy (non-hydrogen) atoms. The fourth-order valence-electron chi connectivity index (χ4n) is 3.74. The number of rotatable bonds is 4. The fourth-order valence-corrected chi connectivity index (χ4v) is 3.86. The van der Waals surface area contributed by atoms with E-state index >= 15 is 0 Å². The summed E-state index contributed by atoms with van der Waals surface area (Å²) < 4.78 is 3.25. The number of hydrogen-bond acceptors (Lipinski definition) is 4. The van der Waals surface area contributed by atoms with E-state index in [2.05, 4.69) is 10.3 Å². The highest BCUT2D eigenvalue weighted by Gasteiger charge is 2.17. The maximum Gasteiger partial charge on any atom is 0.280 e. The van der Waals surface area contributed by atoms with Crippen molar-refractivity contribution in [2.75, 3.05) is 5.32 Å². The van der Waals surface area contributed by atoms with Crippen molar-refractivity contribution in [2.45, 2.75) is 20.8 Å². The van der Waals surface area contributed by atoms with Crippen molar-refractivity contribution in [2.24, 2.45) is 0 Å². The van der Waals surface area contributed by atoms with Crippen LogP contribution in [-0.2, 0) is 4.79 Å². The molecule has 4 aromatic rings. The molecule has 0 aliphatic rings. The second kappa shape index (κ2) is 8.77. The average molecular weight is 458 g/mol. The van der Waals surface area contributed by atoms with Gasteiger partial charge >= 0.3 is 0 Å². The molecule has 8 heteroatoms. The van der Waals surface area contributed by atoms with E-state index in [1.165, 1.54) is 10.8 Å². The van der Waals surface area contributed by atoms with E-state index in [1.807, 2.05) is 32.0 Å². The number of carbonyl (C=O) groups excluding carboxylic acids is 1. The smallest absolute Gasteiger partial charge is 0.280 e. The molecule has 0 bridgehead atoms. The summed E-state index contributed by atoms with van der Waals surface area (Å²) in [5.74, 6) is -0.0117. The van der Waals surface area contributed by atoms with Gasteiger partial charge in [-0.15, -0.1) is 0 Å². The van der Waals surface area contributed by atoms with Gasteiger partial charge in [0.05, 0.1) is 10.9 Å². The normalized spacial score (nSPS) is 11.4. The van der Waals surface area contributed by atoms with Crippen LogP contribution in [0.3, 0.4) is 0 Å². The van der Waals surface area contributed by atoms with Gasteiger partial charge in [0.2, 0.25) is 0 Å². The van der Waals surface area contributed by atoms with Gasteiger partial charge in [-0.05, 0) is 74.9 Å². The van der Waals surface area contributed by atoms with Crippen molar-refractivity contribution >= 4 is 40.2 Å². The SMILES string of the molecule is Cc1cc(C=C(C#N)C(=O)Nc2ccc(Cl)cc2)c(C)n1-n1c(C)nc2ccccc2c1=O. The number of nitrogens with one attached hydrogen (secondary N) is 1. The fraction of sp³-hybridized carbons (Fsp3) is 0.120. The summed E-state index contributed by atoms with van der Waals surface area (Å²) in [6.45, 7) is 5.44. The molecule has 0 atom stereocenters. The predicted molar refractivity (Wildman–Crippen MR) is 129 cm³/mol. The maximum atomic E-state index is 13.2. The number of para-hydroxylation sites is 1. The van der Waals surface area contributed by atoms with Crippen molar-refractivity contribution in [1.82, 2.24) is 14.3 Å². The average Bonchev–Trinajstić information content (AvgIpc) is 3.06. The monoisotopic (exact) mass is 457 g/mol. The van der Waals surface area contributed by atoms with Crippen molar-refractivity contribution in [3.8, 4) is 6.07 Å². The largest absolute Gasteiger partial charge is 0.321 e. The Morgan fingerprint density at radius 2 is 1.79 bits per heavy atom. The molecule has 0 aliphatic carbocycles. The molecule has 4 rings (SSSR count). The third-order valence-corrected chi connectivity index (χ3v) is 5.57. The summed E-state index contributed by atoms with van der Waals surface area (Å²) in [4.78, 5) is 30.5. The molecule has 2 aromatic carbocycles. The number of benzene rings is 2. The number of fused-ring (bicyclic) bond motifs is 1. The topological polar surface area (TPSA) is 92.7 Å². The minimum absolute atomic E-state index is 0.0640. The van der Waals surface area contributed by atoms with Crippen LogP contribution < -0.4 is 10.9 Å². The van der Waals surface area contributed by atoms with Crippen LogP contribution in [-0.4, -0.2) is 20.2 Å². The molecule has 2 heterocycles. The van der Waals surface area contributed by atoms with Crippen LogP contribution in [0.1, 0.15) is 22.8 Å². The molecular formula is C25H20ClN5O2. The number of hydrogen-bond donors (Lipinski definition) is 1. The van der Waals surface area contributed by atoms with Crippen molar-refractivity contribution in [3.05, 3.63) is 98.3 Å². The second-order valence-corrected chi connectivity index (χ2v) is 8.00. The third-order valence-electron chi connectivity index (χ3n) is 5.32. The number of carbonyl (C=O) groups is 1. The molecule has 0 unspecified atom stereocenters. The van der Waals surface area contributed by atoms with Crippen molar-refractivity contribution in [1.29, 1.82) is 5.26 Å². The van der Waals surface area contributed by atoms with Crippen LogP contribution in [0.5, 0.6) is 0 Å². The molecule has 0 aliphatic heterocycles. The van der Waals surface area contributed by atoms with E-state index in [1.54, 1.807) is 54.1 Å². The Kier molecular flexibility index (Phi) is 5.86. The van der Waals surface area contributed by atoms with E-state index < -0.39 is 5.91 Å². The Labute approximate surface area is 195 Å². The molecule has 0 spiro atoms. The molecular weight excluding hydrogens is 438 g/mol. The van der Waals surface area contributed by atoms with E-state index in [4.69, 9.17) is 11.6 Å². The molecule has 0 fully saturated rings. The molecule has 1 N–H and O–H groups in total. The second-order valence-electron chi connectivity index (χ2n) is 7.56. The summed E-state index contributed by atoms with van der Waals surface area (Å²) in [6.07, 6.45) is 1.51. The van der Waals surface area contributed by atoms with Crippen molar-refractivity contribution < 1.29 is 4.79 Å². The number of aromatic nitrogens is 3. The number of nitriles is 1. The van der Waals surface area contributed by atoms with Gasteiger partial charge in [-0.25, -0.2) is 4.98 Å². The van der Waals surface area contributed by atoms with Gasteiger partial charge in [0.1, 0.15) is 17.5 Å². The number of aryl methyl sites for hydroxylation is 2. The Balaban J connectivity index is 1.76. The van der Waals surface area contributed by atoms with Gasteiger partial charge in [-0.1, -0.05) is 23.7 Å². The minimum atomic E-state index is -0.537. The minimum Gasteiger partial charge on any atom is -0.321 e. The zero-order valence-corrected chi connectivity index (χ0v) is 19.0. The first-order valence-corrected chi connectivity index (χ1v) is 10.5. The van der Waals surface area contributed by atoms with E-state index in [0.29, 0.717) is 38.7 Å². The zero-order valence-electron chi connectivity index (χ0n) is 18.3. The maximum absolute atomic E-state index is 13.2. The highest BCUT2D eigenvalue weighted by atomic mass is 35.5. The Morgan fingerprint density at radius 3 is 2.48 bits per heavy atom. The van der Waals surface area contributed by atoms with Crippen LogP contribution in [0.4, 0.5) is 5.69 Å². The summed E-state index contributed by atoms with van der Waals surface area (Å²) in [6, 6.07) is 17.6. The first-order valence-electron chi connectivity index (χ1n) is 10.2. The highest BCUT2D eigenvalue weighted by Crippen LogP contribution is 2.20. The van der Waals surface area contributed by atoms with E-state index in [0.717, 1.165) is 5.69 Å². The molecule has 7 nitrogen and oxygen atoms in total. The number of halogens is 1. The van der Waals surface area contributed by atoms with Crippen LogP contribution >= 0.6 is 11.6 Å². The molecule has 0 saturated carbocycles. The predicted octanol–water partition coefficient (Wildman–Crippen LogP) is 4.63. The quantitative estimate of drug-likeness (QED) is 0.357. The van der Waals surface area contributed by atoms with Crippen LogP contribution in [0, 0.1) is 32.1 Å². The van der Waals surface area contributed by atoms with Gasteiger partial charge in [0.15, 0.2) is 0 Å². The van der Waals surface area contributed by atoms with E-state index in [-0.39, 0.29) is 11.1 Å². The van der Waals surface area contributed by atoms with E-state index in [9.17, 15) is 14.9 Å². The summed E-state index contributed by atoms with van der Waals surface area (Å²) in [5.41, 5.74) is 3.00. The number of anilines is 1. The molecule has 164 valence electrons. The van der Waals surface area contributed by atoms with Crippen LogP contribution in [0.25, 0.3) is 17.0 Å². The highest BCUT2D eigenvalue weighted by molar-refractivity contribution is 6.30. The summed E-state index contributed by atoms with van der Waals surface area (Å²) >= 11 is 5.88. The third kappa shape index (κ3) is 4.16. The van der Waals surface area contributed by atoms with Gasteiger partial charge in [0, 0.05) is 22.1 Å². The lowest BCUT2D eigenvalue weighted by Gasteiger charge is -2.16. The first-order chi connectivity index (χ1) is 15.8.